The second kappa shape index (κ2) is 16.1. The first-order chi connectivity index (χ1) is 21.7. The maximum atomic E-state index is 5.98. The van der Waals surface area contributed by atoms with Crippen LogP contribution in [0.15, 0.2) is 42.0 Å². The summed E-state index contributed by atoms with van der Waals surface area (Å²) in [5, 5.41) is 0. The summed E-state index contributed by atoms with van der Waals surface area (Å²) in [5.41, 5.74) is 3.89. The van der Waals surface area contributed by atoms with Crippen molar-refractivity contribution in [1.82, 2.24) is 0 Å². The number of benzene rings is 3. The van der Waals surface area contributed by atoms with Crippen LogP contribution in [-0.2, 0) is 0 Å². The Morgan fingerprint density at radius 3 is 1.29 bits per heavy atom. The third-order valence-corrected chi connectivity index (χ3v) is 8.42. The predicted octanol–water partition coefficient (Wildman–Crippen LogP) is 7.78. The molecule has 0 spiro atoms. The van der Waals surface area contributed by atoms with Gasteiger partial charge < -0.3 is 42.6 Å². The van der Waals surface area contributed by atoms with Gasteiger partial charge in [0.05, 0.1) is 64.0 Å². The maximum absolute atomic E-state index is 5.98. The van der Waals surface area contributed by atoms with Crippen LogP contribution in [0.4, 0.5) is 0 Å². The van der Waals surface area contributed by atoms with Gasteiger partial charge in [0, 0.05) is 40.8 Å². The lowest BCUT2D eigenvalue weighted by atomic mass is 9.71. The number of allylic oxidation sites excluding steroid dienone is 1. The van der Waals surface area contributed by atoms with Crippen molar-refractivity contribution in [3.05, 3.63) is 58.7 Å². The molecule has 3 atom stereocenters. The number of ether oxygens (including phenoxy) is 9. The lowest BCUT2D eigenvalue weighted by Gasteiger charge is -2.34. The molecule has 9 nitrogen and oxygen atoms in total. The number of methoxy groups -OCH3 is 9. The number of hydrogen-bond acceptors (Lipinski definition) is 9. The van der Waals surface area contributed by atoms with Crippen LogP contribution in [-0.4, -0.2) is 64.0 Å². The molecule has 0 fully saturated rings. The van der Waals surface area contributed by atoms with Gasteiger partial charge in [-0.3, -0.25) is 0 Å². The third-order valence-electron chi connectivity index (χ3n) is 8.42. The van der Waals surface area contributed by atoms with Gasteiger partial charge >= 0.3 is 0 Å². The summed E-state index contributed by atoms with van der Waals surface area (Å²) in [6.07, 6.45) is 2.95. The standard InChI is InChI=1S/C36H48O9/c1-13-24(25-16-31(41-8)34(44-11)19-28(25)38-5)22(3)36(26-17-32(42-9)35(45-12)20-29(26)39-6)21(2)14-23-15-30(40-7)33(43-10)18-27(23)37-4/h14-20,22,24,36H,13H2,1-12H3/b21-14+/t22-,24+,36+/m1/s1. The molecule has 3 aromatic rings. The highest BCUT2D eigenvalue weighted by Gasteiger charge is 2.34. The van der Waals surface area contributed by atoms with Gasteiger partial charge in [0.2, 0.25) is 0 Å². The van der Waals surface area contributed by atoms with Crippen molar-refractivity contribution in [1.29, 1.82) is 0 Å². The van der Waals surface area contributed by atoms with Crippen LogP contribution in [0.5, 0.6) is 51.7 Å². The fourth-order valence-electron chi connectivity index (χ4n) is 6.19. The minimum absolute atomic E-state index is 0.0244. The highest BCUT2D eigenvalue weighted by molar-refractivity contribution is 5.67. The molecule has 0 aliphatic heterocycles. The highest BCUT2D eigenvalue weighted by Crippen LogP contribution is 2.51. The molecule has 0 aromatic heterocycles. The first-order valence-corrected chi connectivity index (χ1v) is 14.8. The average Bonchev–Trinajstić information content (AvgIpc) is 3.07. The molecule has 0 N–H and O–H groups in total. The van der Waals surface area contributed by atoms with E-state index in [1.54, 1.807) is 64.0 Å². The van der Waals surface area contributed by atoms with Crippen LogP contribution in [0.1, 0.15) is 55.7 Å². The largest absolute Gasteiger partial charge is 0.496 e. The Morgan fingerprint density at radius 1 is 0.511 bits per heavy atom. The van der Waals surface area contributed by atoms with E-state index in [0.717, 1.165) is 34.4 Å². The third kappa shape index (κ3) is 7.30. The molecule has 0 unspecified atom stereocenters. The zero-order valence-electron chi connectivity index (χ0n) is 28.7. The summed E-state index contributed by atoms with van der Waals surface area (Å²) in [6.45, 7) is 6.54. The van der Waals surface area contributed by atoms with Crippen LogP contribution >= 0.6 is 0 Å². The summed E-state index contributed by atoms with van der Waals surface area (Å²) in [5.74, 6) is 5.62. The second-order valence-corrected chi connectivity index (χ2v) is 10.6. The van der Waals surface area contributed by atoms with Crippen LogP contribution in [0, 0.1) is 5.92 Å². The Bertz CT molecular complexity index is 1460. The van der Waals surface area contributed by atoms with E-state index in [4.69, 9.17) is 42.6 Å². The molecular weight excluding hydrogens is 576 g/mol. The molecule has 0 saturated heterocycles. The Hall–Kier alpha value is -4.40. The quantitative estimate of drug-likeness (QED) is 0.159. The van der Waals surface area contributed by atoms with Crippen molar-refractivity contribution in [3.63, 3.8) is 0 Å². The summed E-state index contributed by atoms with van der Waals surface area (Å²) < 4.78 is 51.5. The van der Waals surface area contributed by atoms with Gasteiger partial charge in [-0.25, -0.2) is 0 Å². The van der Waals surface area contributed by atoms with E-state index in [9.17, 15) is 0 Å². The normalized spacial score (nSPS) is 13.3. The van der Waals surface area contributed by atoms with E-state index in [2.05, 4.69) is 26.8 Å². The minimum Gasteiger partial charge on any atom is -0.496 e. The molecule has 0 radical (unpaired) electrons. The second-order valence-electron chi connectivity index (χ2n) is 10.6. The van der Waals surface area contributed by atoms with Gasteiger partial charge in [0.1, 0.15) is 17.2 Å². The van der Waals surface area contributed by atoms with Crippen molar-refractivity contribution in [2.45, 2.75) is 39.0 Å². The van der Waals surface area contributed by atoms with Crippen molar-refractivity contribution >= 4 is 6.08 Å². The smallest absolute Gasteiger partial charge is 0.164 e. The summed E-state index contributed by atoms with van der Waals surface area (Å²) in [6, 6.07) is 11.5. The SMILES string of the molecule is CC[C@H](c1cc(OC)c(OC)cc1OC)[C@@H](C)[C@H](/C(C)=C/c1cc(OC)c(OC)cc1OC)c1cc(OC)c(OC)cc1OC. The zero-order valence-corrected chi connectivity index (χ0v) is 28.7. The monoisotopic (exact) mass is 624 g/mol. The van der Waals surface area contributed by atoms with Crippen molar-refractivity contribution < 1.29 is 42.6 Å². The molecule has 3 aromatic carbocycles. The lowest BCUT2D eigenvalue weighted by molar-refractivity contribution is 0.332. The molecule has 3 rings (SSSR count). The molecule has 0 amide bonds. The van der Waals surface area contributed by atoms with Gasteiger partial charge in [-0.2, -0.15) is 0 Å². The van der Waals surface area contributed by atoms with E-state index in [1.165, 1.54) is 0 Å². The van der Waals surface area contributed by atoms with Gasteiger partial charge in [-0.05, 0) is 43.4 Å². The van der Waals surface area contributed by atoms with Gasteiger partial charge in [-0.15, -0.1) is 0 Å². The lowest BCUT2D eigenvalue weighted by Crippen LogP contribution is -2.21. The molecule has 0 aliphatic rings. The van der Waals surface area contributed by atoms with E-state index in [0.29, 0.717) is 46.0 Å². The molecule has 45 heavy (non-hydrogen) atoms. The van der Waals surface area contributed by atoms with Gasteiger partial charge in [-0.1, -0.05) is 25.5 Å². The summed E-state index contributed by atoms with van der Waals surface area (Å²) in [4.78, 5) is 0. The average molecular weight is 625 g/mol. The van der Waals surface area contributed by atoms with E-state index in [-0.39, 0.29) is 17.8 Å². The van der Waals surface area contributed by atoms with E-state index >= 15 is 0 Å². The Kier molecular flexibility index (Phi) is 12.5. The van der Waals surface area contributed by atoms with Crippen molar-refractivity contribution in [2.75, 3.05) is 64.0 Å². The van der Waals surface area contributed by atoms with E-state index < -0.39 is 0 Å². The summed E-state index contributed by atoms with van der Waals surface area (Å²) in [7, 11) is 14.7. The molecule has 0 heterocycles. The fourth-order valence-corrected chi connectivity index (χ4v) is 6.19. The first kappa shape index (κ1) is 35.1. The predicted molar refractivity (Wildman–Crippen MR) is 177 cm³/mol. The Morgan fingerprint density at radius 2 is 0.867 bits per heavy atom. The van der Waals surface area contributed by atoms with Crippen LogP contribution < -0.4 is 42.6 Å². The van der Waals surface area contributed by atoms with Crippen LogP contribution in [0.3, 0.4) is 0 Å². The Labute approximate surface area is 267 Å². The van der Waals surface area contributed by atoms with Crippen LogP contribution in [0.25, 0.3) is 6.08 Å². The number of rotatable bonds is 16. The molecule has 0 aliphatic carbocycles. The molecule has 246 valence electrons. The minimum atomic E-state index is -0.152. The Balaban J connectivity index is 2.35. The van der Waals surface area contributed by atoms with Gasteiger partial charge in [0.25, 0.3) is 0 Å². The van der Waals surface area contributed by atoms with Crippen LogP contribution in [0.2, 0.25) is 0 Å². The molecule has 0 saturated carbocycles. The zero-order chi connectivity index (χ0) is 33.3. The molecular formula is C36H48O9. The molecule has 9 heteroatoms. The number of hydrogen-bond donors (Lipinski definition) is 0. The maximum Gasteiger partial charge on any atom is 0.164 e. The topological polar surface area (TPSA) is 83.1 Å². The van der Waals surface area contributed by atoms with Crippen molar-refractivity contribution in [2.24, 2.45) is 5.92 Å². The highest BCUT2D eigenvalue weighted by atomic mass is 16.5. The van der Waals surface area contributed by atoms with Gasteiger partial charge in [0.15, 0.2) is 34.5 Å². The fraction of sp³-hybridized carbons (Fsp3) is 0.444. The van der Waals surface area contributed by atoms with Crippen molar-refractivity contribution in [3.8, 4) is 51.7 Å². The summed E-state index contributed by atoms with van der Waals surface area (Å²) >= 11 is 0. The molecule has 0 bridgehead atoms. The van der Waals surface area contributed by atoms with E-state index in [1.807, 2.05) is 36.4 Å². The first-order valence-electron chi connectivity index (χ1n) is 14.8.